The van der Waals surface area contributed by atoms with Gasteiger partial charge in [0.15, 0.2) is 5.16 Å². The second kappa shape index (κ2) is 11.4. The number of carbonyl (C=O) groups is 1. The molecule has 30 heavy (non-hydrogen) atoms. The van der Waals surface area contributed by atoms with Gasteiger partial charge in [-0.15, -0.1) is 11.3 Å². The normalized spacial score (nSPS) is 11.7. The zero-order valence-electron chi connectivity index (χ0n) is 16.9. The molecule has 1 aromatic carbocycles. The topological polar surface area (TPSA) is 55.1 Å². The summed E-state index contributed by atoms with van der Waals surface area (Å²) in [6, 6.07) is 11.6. The van der Waals surface area contributed by atoms with Crippen LogP contribution >= 0.6 is 34.7 Å². The first-order valence-corrected chi connectivity index (χ1v) is 12.2. The first-order chi connectivity index (χ1) is 14.6. The zero-order valence-corrected chi connectivity index (χ0v) is 19.3. The molecule has 0 aliphatic carbocycles. The van der Waals surface area contributed by atoms with Gasteiger partial charge < -0.3 is 9.67 Å². The van der Waals surface area contributed by atoms with Crippen molar-refractivity contribution in [3.63, 3.8) is 0 Å². The van der Waals surface area contributed by atoms with Gasteiger partial charge in [0.1, 0.15) is 0 Å². The standard InChI is InChI=1S/C23H25ClN2O2S2/c1-2-3-6-11-30-23-25-15-19(26(23)16-17-8-4-5-10-21(17)24)13-18(22(27)28)14-20-9-7-12-29-20/h4-5,7-10,12-13,15H,2-3,6,11,14,16H2,1H3,(H,27,28)/b18-13+. The molecule has 3 rings (SSSR count). The van der Waals surface area contributed by atoms with Crippen molar-refractivity contribution in [3.8, 4) is 0 Å². The molecule has 0 saturated heterocycles. The number of aliphatic carboxylic acids is 1. The fourth-order valence-corrected chi connectivity index (χ4v) is 4.95. The molecule has 158 valence electrons. The Hall–Kier alpha value is -2.02. The van der Waals surface area contributed by atoms with E-state index < -0.39 is 5.97 Å². The van der Waals surface area contributed by atoms with E-state index in [4.69, 9.17) is 11.6 Å². The lowest BCUT2D eigenvalue weighted by Crippen LogP contribution is -2.07. The Labute approximate surface area is 190 Å². The number of benzene rings is 1. The maximum atomic E-state index is 11.9. The average Bonchev–Trinajstić information content (AvgIpc) is 3.37. The van der Waals surface area contributed by atoms with E-state index in [0.717, 1.165) is 33.5 Å². The van der Waals surface area contributed by atoms with Crippen LogP contribution in [0.15, 0.2) is 58.7 Å². The predicted octanol–water partition coefficient (Wildman–Crippen LogP) is 6.64. The molecule has 1 N–H and O–H groups in total. The van der Waals surface area contributed by atoms with Crippen LogP contribution in [0.1, 0.15) is 42.3 Å². The van der Waals surface area contributed by atoms with Crippen molar-refractivity contribution in [2.24, 2.45) is 0 Å². The molecule has 2 heterocycles. The maximum Gasteiger partial charge on any atom is 0.332 e. The quantitative estimate of drug-likeness (QED) is 0.198. The third kappa shape index (κ3) is 6.24. The second-order valence-electron chi connectivity index (χ2n) is 6.93. The summed E-state index contributed by atoms with van der Waals surface area (Å²) in [7, 11) is 0. The molecule has 2 aromatic heterocycles. The molecule has 0 atom stereocenters. The van der Waals surface area contributed by atoms with Gasteiger partial charge in [-0.05, 0) is 35.6 Å². The molecule has 0 bridgehead atoms. The van der Waals surface area contributed by atoms with Crippen molar-refractivity contribution in [1.29, 1.82) is 0 Å². The number of thioether (sulfide) groups is 1. The number of aromatic nitrogens is 2. The number of hydrogen-bond donors (Lipinski definition) is 1. The van der Waals surface area contributed by atoms with Crippen molar-refractivity contribution in [1.82, 2.24) is 9.55 Å². The van der Waals surface area contributed by atoms with Gasteiger partial charge in [0.2, 0.25) is 0 Å². The van der Waals surface area contributed by atoms with Gasteiger partial charge in [-0.2, -0.15) is 0 Å². The van der Waals surface area contributed by atoms with Crippen molar-refractivity contribution >= 4 is 46.7 Å². The molecule has 0 spiro atoms. The van der Waals surface area contributed by atoms with Crippen molar-refractivity contribution < 1.29 is 9.90 Å². The third-order valence-electron chi connectivity index (χ3n) is 4.66. The van der Waals surface area contributed by atoms with Crippen LogP contribution in [0.3, 0.4) is 0 Å². The van der Waals surface area contributed by atoms with E-state index in [1.165, 1.54) is 12.8 Å². The highest BCUT2D eigenvalue weighted by atomic mass is 35.5. The molecule has 4 nitrogen and oxygen atoms in total. The van der Waals surface area contributed by atoms with Crippen LogP contribution in [-0.2, 0) is 17.8 Å². The number of imidazole rings is 1. The Bertz CT molecular complexity index is 997. The van der Waals surface area contributed by atoms with Gasteiger partial charge in [0, 0.05) is 27.6 Å². The molecule has 0 aliphatic heterocycles. The molecule has 0 radical (unpaired) electrons. The van der Waals surface area contributed by atoms with Gasteiger partial charge in [0.25, 0.3) is 0 Å². The van der Waals surface area contributed by atoms with Gasteiger partial charge in [-0.25, -0.2) is 9.78 Å². The van der Waals surface area contributed by atoms with E-state index in [9.17, 15) is 9.90 Å². The van der Waals surface area contributed by atoms with E-state index in [0.29, 0.717) is 23.6 Å². The summed E-state index contributed by atoms with van der Waals surface area (Å²) in [5.41, 5.74) is 2.11. The number of carboxylic acid groups (broad SMARTS) is 1. The minimum atomic E-state index is -0.911. The molecular formula is C23H25ClN2O2S2. The number of unbranched alkanes of at least 4 members (excludes halogenated alkanes) is 2. The van der Waals surface area contributed by atoms with Crippen molar-refractivity contribution in [2.45, 2.75) is 44.3 Å². The summed E-state index contributed by atoms with van der Waals surface area (Å²) >= 11 is 9.66. The second-order valence-corrected chi connectivity index (χ2v) is 9.43. The van der Waals surface area contributed by atoms with Crippen LogP contribution < -0.4 is 0 Å². The third-order valence-corrected chi connectivity index (χ3v) is 6.98. The number of carboxylic acids is 1. The molecule has 0 amide bonds. The molecule has 0 saturated carbocycles. The fraction of sp³-hybridized carbons (Fsp3) is 0.304. The van der Waals surface area contributed by atoms with E-state index in [1.54, 1.807) is 35.4 Å². The number of halogens is 1. The Kier molecular flexibility index (Phi) is 8.61. The van der Waals surface area contributed by atoms with Crippen LogP contribution in [0.5, 0.6) is 0 Å². The Morgan fingerprint density at radius 2 is 2.10 bits per heavy atom. The summed E-state index contributed by atoms with van der Waals surface area (Å²) in [5.74, 6) is 0.0726. The summed E-state index contributed by atoms with van der Waals surface area (Å²) in [5, 5.41) is 13.3. The monoisotopic (exact) mass is 460 g/mol. The lowest BCUT2D eigenvalue weighted by molar-refractivity contribution is -0.132. The molecule has 7 heteroatoms. The highest BCUT2D eigenvalue weighted by Gasteiger charge is 2.15. The predicted molar refractivity (Wildman–Crippen MR) is 127 cm³/mol. The van der Waals surface area contributed by atoms with Crippen LogP contribution in [0.25, 0.3) is 6.08 Å². The van der Waals surface area contributed by atoms with E-state index in [-0.39, 0.29) is 0 Å². The largest absolute Gasteiger partial charge is 0.478 e. The SMILES string of the molecule is CCCCCSc1ncc(/C=C(\Cc2cccs2)C(=O)O)n1Cc1ccccc1Cl. The molecule has 3 aromatic rings. The fourth-order valence-electron chi connectivity index (χ4n) is 3.04. The molecule has 0 aliphatic rings. The van der Waals surface area contributed by atoms with Gasteiger partial charge >= 0.3 is 5.97 Å². The number of thiophene rings is 1. The van der Waals surface area contributed by atoms with Crippen LogP contribution in [-0.4, -0.2) is 26.4 Å². The number of nitrogens with zero attached hydrogens (tertiary/aromatic N) is 2. The lowest BCUT2D eigenvalue weighted by atomic mass is 10.1. The van der Waals surface area contributed by atoms with Crippen LogP contribution in [0.2, 0.25) is 5.02 Å². The Balaban J connectivity index is 1.92. The molecular weight excluding hydrogens is 436 g/mol. The van der Waals surface area contributed by atoms with Gasteiger partial charge in [-0.1, -0.05) is 67.4 Å². The highest BCUT2D eigenvalue weighted by molar-refractivity contribution is 7.99. The smallest absolute Gasteiger partial charge is 0.332 e. The minimum Gasteiger partial charge on any atom is -0.478 e. The average molecular weight is 461 g/mol. The number of hydrogen-bond acceptors (Lipinski definition) is 4. The van der Waals surface area contributed by atoms with Crippen molar-refractivity contribution in [2.75, 3.05) is 5.75 Å². The first kappa shape index (κ1) is 22.7. The highest BCUT2D eigenvalue weighted by Crippen LogP contribution is 2.26. The number of rotatable bonds is 11. The molecule has 0 fully saturated rings. The summed E-state index contributed by atoms with van der Waals surface area (Å²) in [4.78, 5) is 17.5. The maximum absolute atomic E-state index is 11.9. The van der Waals surface area contributed by atoms with E-state index >= 15 is 0 Å². The zero-order chi connectivity index (χ0) is 21.3. The minimum absolute atomic E-state index is 0.347. The van der Waals surface area contributed by atoms with Gasteiger partial charge in [-0.3, -0.25) is 0 Å². The van der Waals surface area contributed by atoms with Crippen molar-refractivity contribution in [3.05, 3.63) is 74.7 Å². The Morgan fingerprint density at radius 1 is 1.27 bits per heavy atom. The van der Waals surface area contributed by atoms with Gasteiger partial charge in [0.05, 0.1) is 18.4 Å². The summed E-state index contributed by atoms with van der Waals surface area (Å²) < 4.78 is 2.06. The summed E-state index contributed by atoms with van der Waals surface area (Å²) in [6.07, 6.45) is 7.38. The lowest BCUT2D eigenvalue weighted by Gasteiger charge is -2.12. The van der Waals surface area contributed by atoms with Crippen LogP contribution in [0.4, 0.5) is 0 Å². The first-order valence-electron chi connectivity index (χ1n) is 9.96. The molecule has 0 unspecified atom stereocenters. The Morgan fingerprint density at radius 3 is 2.80 bits per heavy atom. The van der Waals surface area contributed by atoms with E-state index in [1.807, 2.05) is 41.8 Å². The summed E-state index contributed by atoms with van der Waals surface area (Å²) in [6.45, 7) is 2.74. The van der Waals surface area contributed by atoms with E-state index in [2.05, 4.69) is 16.5 Å². The van der Waals surface area contributed by atoms with Crippen LogP contribution in [0, 0.1) is 0 Å².